The molecular formula is C20H26BrN5O4. The normalized spacial score (nSPS) is 14.0. The van der Waals surface area contributed by atoms with E-state index in [1.807, 2.05) is 30.9 Å². The van der Waals surface area contributed by atoms with Crippen molar-refractivity contribution in [1.29, 1.82) is 0 Å². The van der Waals surface area contributed by atoms with Crippen molar-refractivity contribution in [1.82, 2.24) is 9.13 Å². The lowest BCUT2D eigenvalue weighted by atomic mass is 10.2. The maximum absolute atomic E-state index is 13.2. The Kier molecular flexibility index (Phi) is 6.99. The second-order valence-electron chi connectivity index (χ2n) is 7.17. The lowest BCUT2D eigenvalue weighted by Crippen LogP contribution is -2.48. The van der Waals surface area contributed by atoms with Gasteiger partial charge in [0.05, 0.1) is 13.2 Å². The molecule has 3 N–H and O–H groups in total. The SMILES string of the molecule is CCCn1c(N)c(N2CCOCC2)c(=O)n(CC(=O)Nc2ccc(Br)c(C)c2)c1=O. The number of nitrogen functional groups attached to an aromatic ring is 1. The van der Waals surface area contributed by atoms with E-state index in [0.717, 1.165) is 14.6 Å². The predicted molar refractivity (Wildman–Crippen MR) is 120 cm³/mol. The summed E-state index contributed by atoms with van der Waals surface area (Å²) in [6.45, 7) is 5.71. The first-order valence-electron chi connectivity index (χ1n) is 9.85. The molecule has 2 aromatic rings. The molecule has 0 spiro atoms. The van der Waals surface area contributed by atoms with Gasteiger partial charge >= 0.3 is 5.69 Å². The van der Waals surface area contributed by atoms with Crippen molar-refractivity contribution < 1.29 is 9.53 Å². The number of amides is 1. The second kappa shape index (κ2) is 9.48. The fourth-order valence-electron chi connectivity index (χ4n) is 3.43. The minimum absolute atomic E-state index is 0.133. The third-order valence-electron chi connectivity index (χ3n) is 4.96. The number of ether oxygens (including phenoxy) is 1. The highest BCUT2D eigenvalue weighted by atomic mass is 79.9. The van der Waals surface area contributed by atoms with Crippen LogP contribution in [-0.4, -0.2) is 41.3 Å². The van der Waals surface area contributed by atoms with E-state index >= 15 is 0 Å². The fraction of sp³-hybridized carbons (Fsp3) is 0.450. The summed E-state index contributed by atoms with van der Waals surface area (Å²) in [5, 5.41) is 2.75. The average molecular weight is 480 g/mol. The summed E-state index contributed by atoms with van der Waals surface area (Å²) in [6, 6.07) is 5.38. The number of hydrogen-bond donors (Lipinski definition) is 2. The number of carbonyl (C=O) groups excluding carboxylic acids is 1. The predicted octanol–water partition coefficient (Wildman–Crippen LogP) is 1.55. The number of aromatic nitrogens is 2. The molecule has 1 saturated heterocycles. The summed E-state index contributed by atoms with van der Waals surface area (Å²) < 4.78 is 8.60. The van der Waals surface area contributed by atoms with E-state index in [1.54, 1.807) is 6.07 Å². The van der Waals surface area contributed by atoms with Gasteiger partial charge in [-0.05, 0) is 37.1 Å². The molecular weight excluding hydrogens is 454 g/mol. The van der Waals surface area contributed by atoms with E-state index in [4.69, 9.17) is 10.5 Å². The smallest absolute Gasteiger partial charge is 0.333 e. The van der Waals surface area contributed by atoms with Gasteiger partial charge in [-0.2, -0.15) is 0 Å². The number of rotatable bonds is 6. The van der Waals surface area contributed by atoms with Crippen molar-refractivity contribution in [3.63, 3.8) is 0 Å². The molecule has 0 atom stereocenters. The molecule has 0 bridgehead atoms. The van der Waals surface area contributed by atoms with Crippen LogP contribution in [0.3, 0.4) is 0 Å². The Morgan fingerprint density at radius 3 is 2.57 bits per heavy atom. The molecule has 10 heteroatoms. The highest BCUT2D eigenvalue weighted by Gasteiger charge is 2.24. The number of aryl methyl sites for hydroxylation is 1. The van der Waals surface area contributed by atoms with Gasteiger partial charge in [-0.15, -0.1) is 0 Å². The van der Waals surface area contributed by atoms with Crippen molar-refractivity contribution in [2.24, 2.45) is 0 Å². The van der Waals surface area contributed by atoms with Gasteiger partial charge in [0.15, 0.2) is 0 Å². The van der Waals surface area contributed by atoms with Crippen LogP contribution in [0.25, 0.3) is 0 Å². The monoisotopic (exact) mass is 479 g/mol. The van der Waals surface area contributed by atoms with Gasteiger partial charge in [0.1, 0.15) is 18.1 Å². The van der Waals surface area contributed by atoms with E-state index in [9.17, 15) is 14.4 Å². The molecule has 0 aliphatic carbocycles. The van der Waals surface area contributed by atoms with E-state index in [2.05, 4.69) is 21.2 Å². The summed E-state index contributed by atoms with van der Waals surface area (Å²) in [6.07, 6.45) is 0.662. The van der Waals surface area contributed by atoms with Gasteiger partial charge in [0, 0.05) is 29.8 Å². The second-order valence-corrected chi connectivity index (χ2v) is 8.03. The molecule has 1 aromatic heterocycles. The maximum atomic E-state index is 13.2. The highest BCUT2D eigenvalue weighted by Crippen LogP contribution is 2.20. The molecule has 1 amide bonds. The van der Waals surface area contributed by atoms with Gasteiger partial charge in [-0.1, -0.05) is 22.9 Å². The summed E-state index contributed by atoms with van der Waals surface area (Å²) in [4.78, 5) is 40.5. The quantitative estimate of drug-likeness (QED) is 0.649. The molecule has 1 aliphatic heterocycles. The molecule has 2 heterocycles. The Labute approximate surface area is 182 Å². The summed E-state index contributed by atoms with van der Waals surface area (Å²) in [5.41, 5.74) is 6.87. The van der Waals surface area contributed by atoms with Crippen molar-refractivity contribution in [2.45, 2.75) is 33.4 Å². The number of hydrogen-bond acceptors (Lipinski definition) is 6. The molecule has 1 fully saturated rings. The zero-order valence-corrected chi connectivity index (χ0v) is 18.7. The maximum Gasteiger partial charge on any atom is 0.333 e. The van der Waals surface area contributed by atoms with Gasteiger partial charge in [0.2, 0.25) is 5.91 Å². The van der Waals surface area contributed by atoms with Crippen molar-refractivity contribution in [2.75, 3.05) is 42.3 Å². The van der Waals surface area contributed by atoms with E-state index < -0.39 is 23.7 Å². The topological polar surface area (TPSA) is 112 Å². The first kappa shape index (κ1) is 22.1. The van der Waals surface area contributed by atoms with Crippen molar-refractivity contribution in [3.05, 3.63) is 49.1 Å². The number of halogens is 1. The minimum Gasteiger partial charge on any atom is -0.383 e. The lowest BCUT2D eigenvalue weighted by molar-refractivity contribution is -0.116. The van der Waals surface area contributed by atoms with Gasteiger partial charge < -0.3 is 20.7 Å². The Morgan fingerprint density at radius 2 is 1.93 bits per heavy atom. The van der Waals surface area contributed by atoms with Crippen molar-refractivity contribution in [3.8, 4) is 0 Å². The average Bonchev–Trinajstić information content (AvgIpc) is 2.72. The first-order valence-corrected chi connectivity index (χ1v) is 10.6. The lowest BCUT2D eigenvalue weighted by Gasteiger charge is -2.30. The molecule has 0 saturated carbocycles. The number of carbonyl (C=O) groups is 1. The molecule has 162 valence electrons. The van der Waals surface area contributed by atoms with Crippen LogP contribution in [0, 0.1) is 6.92 Å². The molecule has 3 rings (SSSR count). The summed E-state index contributed by atoms with van der Waals surface area (Å²) in [7, 11) is 0. The van der Waals surface area contributed by atoms with Crippen LogP contribution in [-0.2, 0) is 22.6 Å². The summed E-state index contributed by atoms with van der Waals surface area (Å²) in [5.74, 6) is -0.328. The molecule has 9 nitrogen and oxygen atoms in total. The molecule has 1 aromatic carbocycles. The number of nitrogens with one attached hydrogen (secondary N) is 1. The van der Waals surface area contributed by atoms with Gasteiger partial charge in [-0.25, -0.2) is 9.36 Å². The third kappa shape index (κ3) is 4.59. The van der Waals surface area contributed by atoms with Crippen LogP contribution >= 0.6 is 15.9 Å². The Bertz CT molecular complexity index is 1060. The Balaban J connectivity index is 1.97. The van der Waals surface area contributed by atoms with Gasteiger partial charge in [0.25, 0.3) is 5.56 Å². The van der Waals surface area contributed by atoms with Crippen LogP contribution in [0.5, 0.6) is 0 Å². The van der Waals surface area contributed by atoms with E-state index in [0.29, 0.717) is 45.0 Å². The van der Waals surface area contributed by atoms with Crippen LogP contribution in [0.1, 0.15) is 18.9 Å². The van der Waals surface area contributed by atoms with Crippen LogP contribution in [0.2, 0.25) is 0 Å². The van der Waals surface area contributed by atoms with E-state index in [-0.39, 0.29) is 11.5 Å². The minimum atomic E-state index is -0.585. The standard InChI is InChI=1S/C20H26BrN5O4/c1-3-6-25-18(22)17(24-7-9-30-10-8-24)19(28)26(20(25)29)12-16(27)23-14-4-5-15(21)13(2)11-14/h4-5,11H,3,6-10,12,22H2,1-2H3,(H,23,27). The van der Waals surface area contributed by atoms with Gasteiger partial charge in [-0.3, -0.25) is 14.2 Å². The fourth-order valence-corrected chi connectivity index (χ4v) is 3.68. The van der Waals surface area contributed by atoms with Crippen LogP contribution in [0.15, 0.2) is 32.3 Å². The number of benzene rings is 1. The highest BCUT2D eigenvalue weighted by molar-refractivity contribution is 9.10. The van der Waals surface area contributed by atoms with Crippen LogP contribution < -0.4 is 27.2 Å². The van der Waals surface area contributed by atoms with E-state index in [1.165, 1.54) is 4.57 Å². The third-order valence-corrected chi connectivity index (χ3v) is 5.85. The number of nitrogens with two attached hydrogens (primary N) is 1. The number of nitrogens with zero attached hydrogens (tertiary/aromatic N) is 3. The van der Waals surface area contributed by atoms with Crippen molar-refractivity contribution >= 4 is 39.0 Å². The first-order chi connectivity index (χ1) is 14.3. The number of morpholine rings is 1. The number of anilines is 3. The molecule has 1 aliphatic rings. The summed E-state index contributed by atoms with van der Waals surface area (Å²) >= 11 is 3.42. The zero-order chi connectivity index (χ0) is 21.8. The molecule has 0 radical (unpaired) electrons. The largest absolute Gasteiger partial charge is 0.383 e. The van der Waals surface area contributed by atoms with Crippen LogP contribution in [0.4, 0.5) is 17.2 Å². The molecule has 30 heavy (non-hydrogen) atoms. The Morgan fingerprint density at radius 1 is 1.23 bits per heavy atom. The molecule has 0 unspecified atom stereocenters. The Hall–Kier alpha value is -2.59. The zero-order valence-electron chi connectivity index (χ0n) is 17.1.